The lowest BCUT2D eigenvalue weighted by Gasteiger charge is -2.16. The number of anilines is 2. The van der Waals surface area contributed by atoms with Gasteiger partial charge in [0, 0.05) is 49.9 Å². The monoisotopic (exact) mass is 665 g/mol. The van der Waals surface area contributed by atoms with E-state index in [2.05, 4.69) is 209 Å². The molecule has 3 nitrogen and oxygen atoms in total. The quantitative estimate of drug-likeness (QED) is 0.188. The Morgan fingerprint density at radius 2 is 0.865 bits per heavy atom. The van der Waals surface area contributed by atoms with Crippen molar-refractivity contribution in [1.82, 2.24) is 9.13 Å². The molecule has 0 amide bonds. The maximum atomic E-state index is 3.81. The van der Waals surface area contributed by atoms with Gasteiger partial charge in [0.25, 0.3) is 0 Å². The first-order valence-electron chi connectivity index (χ1n) is 17.9. The highest BCUT2D eigenvalue weighted by Crippen LogP contribution is 2.39. The van der Waals surface area contributed by atoms with Crippen molar-refractivity contribution in [2.24, 2.45) is 0 Å². The van der Waals surface area contributed by atoms with Gasteiger partial charge in [0.2, 0.25) is 0 Å². The summed E-state index contributed by atoms with van der Waals surface area (Å²) in [5.74, 6) is 0. The maximum absolute atomic E-state index is 3.81. The van der Waals surface area contributed by atoms with Gasteiger partial charge < -0.3 is 14.5 Å². The van der Waals surface area contributed by atoms with Gasteiger partial charge in [-0.15, -0.1) is 0 Å². The lowest BCUT2D eigenvalue weighted by atomic mass is 9.93. The van der Waals surface area contributed by atoms with Crippen LogP contribution >= 0.6 is 0 Å². The van der Waals surface area contributed by atoms with Gasteiger partial charge in [-0.05, 0) is 108 Å². The van der Waals surface area contributed by atoms with Crippen LogP contribution in [0.5, 0.6) is 0 Å². The van der Waals surface area contributed by atoms with Crippen LogP contribution in [0.3, 0.4) is 0 Å². The highest BCUT2D eigenvalue weighted by Gasteiger charge is 2.16. The van der Waals surface area contributed by atoms with Crippen molar-refractivity contribution >= 4 is 55.0 Å². The highest BCUT2D eigenvalue weighted by molar-refractivity contribution is 6.11. The normalized spacial score (nSPS) is 11.6. The summed E-state index contributed by atoms with van der Waals surface area (Å²) in [7, 11) is 0. The van der Waals surface area contributed by atoms with Crippen LogP contribution in [0.1, 0.15) is 5.56 Å². The highest BCUT2D eigenvalue weighted by atomic mass is 15.0. The van der Waals surface area contributed by atoms with Gasteiger partial charge in [-0.3, -0.25) is 0 Å². The number of aryl methyl sites for hydroxylation is 1. The second kappa shape index (κ2) is 12.2. The molecule has 0 fully saturated rings. The average Bonchev–Trinajstić information content (AvgIpc) is 3.71. The van der Waals surface area contributed by atoms with Gasteiger partial charge in [-0.25, -0.2) is 0 Å². The maximum Gasteiger partial charge on any atom is 0.0542 e. The molecular formula is C49H35N3. The second-order valence-corrected chi connectivity index (χ2v) is 13.5. The van der Waals surface area contributed by atoms with E-state index in [-0.39, 0.29) is 0 Å². The van der Waals surface area contributed by atoms with Crippen molar-refractivity contribution in [3.05, 3.63) is 194 Å². The van der Waals surface area contributed by atoms with Crippen molar-refractivity contribution < 1.29 is 0 Å². The number of fused-ring (bicyclic) bond motifs is 6. The van der Waals surface area contributed by atoms with Crippen LogP contribution in [0.2, 0.25) is 0 Å². The van der Waals surface area contributed by atoms with E-state index in [1.54, 1.807) is 0 Å². The molecule has 0 bridgehead atoms. The number of hydrogen-bond acceptors (Lipinski definition) is 1. The number of rotatable bonds is 6. The summed E-state index contributed by atoms with van der Waals surface area (Å²) in [4.78, 5) is 0. The largest absolute Gasteiger partial charge is 0.355 e. The molecule has 0 aliphatic carbocycles. The minimum Gasteiger partial charge on any atom is -0.355 e. The first kappa shape index (κ1) is 30.0. The number of nitrogens with zero attached hydrogens (tertiary/aromatic N) is 2. The minimum absolute atomic E-state index is 1.06. The van der Waals surface area contributed by atoms with Crippen molar-refractivity contribution in [2.75, 3.05) is 5.32 Å². The summed E-state index contributed by atoms with van der Waals surface area (Å²) in [6.07, 6.45) is 0. The number of aromatic nitrogens is 2. The van der Waals surface area contributed by atoms with Crippen LogP contribution < -0.4 is 5.32 Å². The fraction of sp³-hybridized carbons (Fsp3) is 0.0204. The van der Waals surface area contributed by atoms with Crippen LogP contribution in [-0.4, -0.2) is 9.13 Å². The van der Waals surface area contributed by atoms with Crippen LogP contribution in [0.25, 0.3) is 77.2 Å². The third-order valence-electron chi connectivity index (χ3n) is 10.4. The van der Waals surface area contributed by atoms with Crippen LogP contribution in [-0.2, 0) is 0 Å². The standard InChI is InChI=1S/C49H35N3/c1-33-24-25-34(35-26-28-48-43(31-35)40-19-9-12-22-46(40)51(48)37-14-4-2-5-15-37)30-42(33)39-18-8-11-21-45(39)50-36-27-29-49-44(32-36)41-20-10-13-23-47(41)52(49)38-16-6-3-7-17-38/h2-32,50H,1H3. The van der Waals surface area contributed by atoms with Crippen LogP contribution in [0.4, 0.5) is 11.4 Å². The molecule has 0 aliphatic rings. The number of benzene rings is 8. The van der Waals surface area contributed by atoms with Crippen molar-refractivity contribution in [3.8, 4) is 33.6 Å². The molecule has 3 heteroatoms. The van der Waals surface area contributed by atoms with E-state index in [9.17, 15) is 0 Å². The van der Waals surface area contributed by atoms with Gasteiger partial charge in [0.05, 0.1) is 22.1 Å². The van der Waals surface area contributed by atoms with Gasteiger partial charge in [0.1, 0.15) is 0 Å². The SMILES string of the molecule is Cc1ccc(-c2ccc3c(c2)c2ccccc2n3-c2ccccc2)cc1-c1ccccc1Nc1ccc2c(c1)c1ccccc1n2-c1ccccc1. The zero-order valence-electron chi connectivity index (χ0n) is 28.8. The van der Waals surface area contributed by atoms with Crippen molar-refractivity contribution in [1.29, 1.82) is 0 Å². The smallest absolute Gasteiger partial charge is 0.0542 e. The minimum atomic E-state index is 1.06. The Morgan fingerprint density at radius 1 is 0.365 bits per heavy atom. The number of hydrogen-bond donors (Lipinski definition) is 1. The Labute approximate surface area is 302 Å². The summed E-state index contributed by atoms with van der Waals surface area (Å²) in [5.41, 5.74) is 15.3. The Kier molecular flexibility index (Phi) is 7.04. The average molecular weight is 666 g/mol. The Bertz CT molecular complexity index is 2930. The van der Waals surface area contributed by atoms with Crippen molar-refractivity contribution in [2.45, 2.75) is 6.92 Å². The van der Waals surface area contributed by atoms with Crippen LogP contribution in [0.15, 0.2) is 188 Å². The van der Waals surface area contributed by atoms with E-state index in [4.69, 9.17) is 0 Å². The first-order valence-corrected chi connectivity index (χ1v) is 17.9. The second-order valence-electron chi connectivity index (χ2n) is 13.5. The fourth-order valence-electron chi connectivity index (χ4n) is 7.99. The summed E-state index contributed by atoms with van der Waals surface area (Å²) in [6.45, 7) is 2.21. The molecule has 10 aromatic rings. The Hall–Kier alpha value is -6.84. The molecule has 246 valence electrons. The van der Waals surface area contributed by atoms with E-state index in [0.717, 1.165) is 17.1 Å². The summed E-state index contributed by atoms with van der Waals surface area (Å²) < 4.78 is 4.72. The topological polar surface area (TPSA) is 21.9 Å². The third kappa shape index (κ3) is 4.90. The van der Waals surface area contributed by atoms with Crippen LogP contribution in [0, 0.1) is 6.92 Å². The Morgan fingerprint density at radius 3 is 1.54 bits per heavy atom. The van der Waals surface area contributed by atoms with Gasteiger partial charge in [-0.1, -0.05) is 109 Å². The molecule has 0 unspecified atom stereocenters. The van der Waals surface area contributed by atoms with Gasteiger partial charge >= 0.3 is 0 Å². The van der Waals surface area contributed by atoms with E-state index < -0.39 is 0 Å². The molecule has 1 N–H and O–H groups in total. The predicted octanol–water partition coefficient (Wildman–Crippen LogP) is 13.3. The molecule has 0 atom stereocenters. The number of para-hydroxylation sites is 5. The molecular weight excluding hydrogens is 631 g/mol. The lowest BCUT2D eigenvalue weighted by molar-refractivity contribution is 1.18. The lowest BCUT2D eigenvalue weighted by Crippen LogP contribution is -1.96. The zero-order valence-corrected chi connectivity index (χ0v) is 28.8. The molecule has 0 radical (unpaired) electrons. The Balaban J connectivity index is 1.05. The van der Waals surface area contributed by atoms with E-state index in [1.165, 1.54) is 77.1 Å². The zero-order chi connectivity index (χ0) is 34.6. The van der Waals surface area contributed by atoms with E-state index in [0.29, 0.717) is 0 Å². The van der Waals surface area contributed by atoms with E-state index in [1.807, 2.05) is 0 Å². The summed E-state index contributed by atoms with van der Waals surface area (Å²) in [5, 5.41) is 8.79. The van der Waals surface area contributed by atoms with Crippen molar-refractivity contribution in [3.63, 3.8) is 0 Å². The molecule has 0 saturated carbocycles. The summed E-state index contributed by atoms with van der Waals surface area (Å²) in [6, 6.07) is 67.8. The van der Waals surface area contributed by atoms with E-state index >= 15 is 0 Å². The molecule has 0 spiro atoms. The molecule has 52 heavy (non-hydrogen) atoms. The predicted molar refractivity (Wildman–Crippen MR) is 220 cm³/mol. The molecule has 8 aromatic carbocycles. The molecule has 0 saturated heterocycles. The number of nitrogens with one attached hydrogen (secondary N) is 1. The van der Waals surface area contributed by atoms with Gasteiger partial charge in [-0.2, -0.15) is 0 Å². The third-order valence-corrected chi connectivity index (χ3v) is 10.4. The molecule has 10 rings (SSSR count). The molecule has 0 aliphatic heterocycles. The first-order chi connectivity index (χ1) is 25.7. The van der Waals surface area contributed by atoms with Gasteiger partial charge in [0.15, 0.2) is 0 Å². The fourth-order valence-corrected chi connectivity index (χ4v) is 7.99. The summed E-state index contributed by atoms with van der Waals surface area (Å²) >= 11 is 0. The molecule has 2 heterocycles. The molecule has 2 aromatic heterocycles.